The molecule has 3 N–H and O–H groups in total. The van der Waals surface area contributed by atoms with Crippen molar-refractivity contribution in [3.05, 3.63) is 70.9 Å². The van der Waals surface area contributed by atoms with Gasteiger partial charge in [-0.05, 0) is 54.7 Å². The number of hydroxylamine groups is 1. The first-order chi connectivity index (χ1) is 19.5. The summed E-state index contributed by atoms with van der Waals surface area (Å²) >= 11 is 0. The van der Waals surface area contributed by atoms with Gasteiger partial charge in [-0.3, -0.25) is 19.7 Å². The lowest BCUT2D eigenvalue weighted by molar-refractivity contribution is -0.186. The Bertz CT molecular complexity index is 1350. The Kier molecular flexibility index (Phi) is 9.10. The normalized spacial score (nSPS) is 18.6. The van der Waals surface area contributed by atoms with Crippen molar-refractivity contribution < 1.29 is 28.7 Å². The highest BCUT2D eigenvalue weighted by Gasteiger charge is 2.26. The lowest BCUT2D eigenvalue weighted by atomic mass is 10.0. The molecule has 1 fully saturated rings. The van der Waals surface area contributed by atoms with Crippen molar-refractivity contribution >= 4 is 28.7 Å². The van der Waals surface area contributed by atoms with E-state index in [1.807, 2.05) is 29.0 Å². The number of nitrogens with one attached hydrogen (secondary N) is 3. The van der Waals surface area contributed by atoms with Crippen LogP contribution in [0.2, 0.25) is 0 Å². The number of aromatic nitrogens is 1. The highest BCUT2D eigenvalue weighted by atomic mass is 16.8. The van der Waals surface area contributed by atoms with E-state index in [4.69, 9.17) is 14.3 Å². The molecule has 2 aliphatic heterocycles. The molecule has 1 aromatic heterocycles. The van der Waals surface area contributed by atoms with E-state index in [-0.39, 0.29) is 17.8 Å². The van der Waals surface area contributed by atoms with Crippen LogP contribution in [0.1, 0.15) is 70.9 Å². The van der Waals surface area contributed by atoms with Gasteiger partial charge in [0.15, 0.2) is 6.29 Å². The van der Waals surface area contributed by atoms with Crippen LogP contribution < -0.4 is 16.1 Å². The van der Waals surface area contributed by atoms with Gasteiger partial charge in [0.1, 0.15) is 6.04 Å². The molecule has 3 heterocycles. The van der Waals surface area contributed by atoms with Crippen LogP contribution in [0.15, 0.2) is 48.7 Å². The Morgan fingerprint density at radius 2 is 1.93 bits per heavy atom. The summed E-state index contributed by atoms with van der Waals surface area (Å²) in [6.45, 7) is 4.37. The van der Waals surface area contributed by atoms with E-state index < -0.39 is 12.3 Å². The average Bonchev–Trinajstić information content (AvgIpc) is 3.31. The van der Waals surface area contributed by atoms with Crippen molar-refractivity contribution in [1.82, 2.24) is 20.7 Å². The van der Waals surface area contributed by atoms with Crippen LogP contribution in [0, 0.1) is 0 Å². The van der Waals surface area contributed by atoms with Crippen LogP contribution in [0.5, 0.6) is 0 Å². The molecule has 1 saturated heterocycles. The third-order valence-corrected chi connectivity index (χ3v) is 7.29. The molecule has 0 radical (unpaired) electrons. The number of benzene rings is 2. The van der Waals surface area contributed by atoms with E-state index in [1.165, 1.54) is 0 Å². The van der Waals surface area contributed by atoms with Gasteiger partial charge in [-0.2, -0.15) is 0 Å². The van der Waals surface area contributed by atoms with Crippen LogP contribution in [-0.4, -0.2) is 47.9 Å². The first-order valence-electron chi connectivity index (χ1n) is 14.0. The van der Waals surface area contributed by atoms with Gasteiger partial charge in [-0.25, -0.2) is 10.3 Å². The molecule has 0 spiro atoms. The summed E-state index contributed by atoms with van der Waals surface area (Å²) < 4.78 is 12.9. The summed E-state index contributed by atoms with van der Waals surface area (Å²) in [5.41, 5.74) is 6.30. The largest absolute Gasteiger partial charge is 0.464 e. The summed E-state index contributed by atoms with van der Waals surface area (Å²) in [5, 5.41) is 7.11. The fourth-order valence-corrected chi connectivity index (χ4v) is 5.00. The standard InChI is InChI=1S/C30H36N4O6/c1-2-3-15-39-30(37)25-19-34-14-13-23-24(12-11-22(18-31-25)27(23)34)29(36)32-17-20-7-9-21(10-8-20)28(35)33-40-26-6-4-5-16-38-26/h7-14,25-26,31H,2-6,15-19H2,1H3,(H,32,36)(H,33,35). The number of ether oxygens (including phenoxy) is 2. The second kappa shape index (κ2) is 13.1. The van der Waals surface area contributed by atoms with Gasteiger partial charge >= 0.3 is 5.97 Å². The molecule has 5 rings (SSSR count). The zero-order valence-corrected chi connectivity index (χ0v) is 22.7. The van der Waals surface area contributed by atoms with Crippen molar-refractivity contribution in [3.8, 4) is 0 Å². The van der Waals surface area contributed by atoms with Gasteiger partial charge in [0, 0.05) is 55.4 Å². The van der Waals surface area contributed by atoms with Crippen LogP contribution in [0.25, 0.3) is 10.9 Å². The highest BCUT2D eigenvalue weighted by molar-refractivity contribution is 6.07. The monoisotopic (exact) mass is 548 g/mol. The Labute approximate surface area is 233 Å². The fourth-order valence-electron chi connectivity index (χ4n) is 5.00. The number of unbranched alkanes of at least 4 members (excludes halogenated alkanes) is 1. The second-order valence-electron chi connectivity index (χ2n) is 10.2. The van der Waals surface area contributed by atoms with Crippen molar-refractivity contribution in [2.75, 3.05) is 13.2 Å². The van der Waals surface area contributed by atoms with E-state index >= 15 is 0 Å². The summed E-state index contributed by atoms with van der Waals surface area (Å²) in [6.07, 6.45) is 6.08. The molecule has 2 atom stereocenters. The summed E-state index contributed by atoms with van der Waals surface area (Å²) in [4.78, 5) is 43.5. The molecule has 2 aromatic carbocycles. The zero-order chi connectivity index (χ0) is 27.9. The van der Waals surface area contributed by atoms with Crippen LogP contribution >= 0.6 is 0 Å². The number of esters is 1. The van der Waals surface area contributed by atoms with Gasteiger partial charge in [-0.1, -0.05) is 31.5 Å². The highest BCUT2D eigenvalue weighted by Crippen LogP contribution is 2.27. The number of carbonyl (C=O) groups excluding carboxylic acids is 3. The number of rotatable bonds is 10. The predicted octanol–water partition coefficient (Wildman–Crippen LogP) is 3.57. The molecular weight excluding hydrogens is 512 g/mol. The molecule has 0 aliphatic carbocycles. The average molecular weight is 549 g/mol. The van der Waals surface area contributed by atoms with Crippen molar-refractivity contribution in [1.29, 1.82) is 0 Å². The number of amides is 2. The number of hydrogen-bond donors (Lipinski definition) is 3. The minimum atomic E-state index is -0.450. The van der Waals surface area contributed by atoms with E-state index in [9.17, 15) is 14.4 Å². The van der Waals surface area contributed by atoms with Crippen molar-refractivity contribution in [3.63, 3.8) is 0 Å². The number of carbonyl (C=O) groups is 3. The van der Waals surface area contributed by atoms with Crippen LogP contribution in [0.4, 0.5) is 0 Å². The molecule has 10 nitrogen and oxygen atoms in total. The van der Waals surface area contributed by atoms with Crippen LogP contribution in [-0.2, 0) is 38.7 Å². The molecule has 10 heteroatoms. The SMILES string of the molecule is CCCCOC(=O)C1Cn2ccc3c(C(=O)NCc4ccc(C(=O)NOC5CCCCO5)cc4)ccc(c32)CN1. The Balaban J connectivity index is 1.18. The van der Waals surface area contributed by atoms with Gasteiger partial charge in [-0.15, -0.1) is 0 Å². The van der Waals surface area contributed by atoms with Crippen molar-refractivity contribution in [2.24, 2.45) is 0 Å². The maximum Gasteiger partial charge on any atom is 0.325 e. The minimum Gasteiger partial charge on any atom is -0.464 e. The Hall–Kier alpha value is -3.73. The third-order valence-electron chi connectivity index (χ3n) is 7.29. The zero-order valence-electron chi connectivity index (χ0n) is 22.7. The summed E-state index contributed by atoms with van der Waals surface area (Å²) in [5.74, 6) is -0.796. The summed E-state index contributed by atoms with van der Waals surface area (Å²) in [7, 11) is 0. The first-order valence-corrected chi connectivity index (χ1v) is 14.0. The van der Waals surface area contributed by atoms with E-state index in [0.29, 0.717) is 44.0 Å². The number of nitrogens with zero attached hydrogens (tertiary/aromatic N) is 1. The Morgan fingerprint density at radius 1 is 1.07 bits per heavy atom. The molecular formula is C30H36N4O6. The topological polar surface area (TPSA) is 120 Å². The maximum absolute atomic E-state index is 13.2. The number of hydrogen-bond acceptors (Lipinski definition) is 7. The fraction of sp³-hybridized carbons (Fsp3) is 0.433. The Morgan fingerprint density at radius 3 is 2.70 bits per heavy atom. The third kappa shape index (κ3) is 6.52. The minimum absolute atomic E-state index is 0.195. The van der Waals surface area contributed by atoms with E-state index in [1.54, 1.807) is 24.3 Å². The second-order valence-corrected chi connectivity index (χ2v) is 10.2. The smallest absolute Gasteiger partial charge is 0.325 e. The van der Waals surface area contributed by atoms with E-state index in [0.717, 1.165) is 54.1 Å². The van der Waals surface area contributed by atoms with Gasteiger partial charge in [0.2, 0.25) is 0 Å². The quantitative estimate of drug-likeness (QED) is 0.201. The van der Waals surface area contributed by atoms with Gasteiger partial charge < -0.3 is 19.4 Å². The molecule has 212 valence electrons. The first kappa shape index (κ1) is 27.8. The molecule has 3 aromatic rings. The molecule has 2 aliphatic rings. The lowest BCUT2D eigenvalue weighted by Gasteiger charge is -2.22. The van der Waals surface area contributed by atoms with E-state index in [2.05, 4.69) is 23.0 Å². The molecule has 0 bridgehead atoms. The maximum atomic E-state index is 13.2. The van der Waals surface area contributed by atoms with Crippen molar-refractivity contribution in [2.45, 2.75) is 71.0 Å². The lowest BCUT2D eigenvalue weighted by Crippen LogP contribution is -2.39. The summed E-state index contributed by atoms with van der Waals surface area (Å²) in [6, 6.07) is 12.2. The molecule has 2 amide bonds. The molecule has 40 heavy (non-hydrogen) atoms. The van der Waals surface area contributed by atoms with Gasteiger partial charge in [0.25, 0.3) is 11.8 Å². The predicted molar refractivity (Wildman–Crippen MR) is 148 cm³/mol. The van der Waals surface area contributed by atoms with Gasteiger partial charge in [0.05, 0.1) is 12.1 Å². The van der Waals surface area contributed by atoms with Crippen LogP contribution in [0.3, 0.4) is 0 Å². The molecule has 0 saturated carbocycles. The molecule has 2 unspecified atom stereocenters.